The standard InChI is InChI=1S/C26H39FN2O2/c1-5-17-22(29-31-16-8-11-28-14-16)7-10-25(3)19-6-9-26(4)20(13-21(27)24(26)30)18(19)12-15(2)23(17)25/h16-21,23,28H,2,5-14H2,1,3-4H3/b29-22+/t16?,17-,18?,19?,20?,21?,23?,25+,26-/m0/s1. The molecular formula is C26H39FN2O2. The summed E-state index contributed by atoms with van der Waals surface area (Å²) in [4.78, 5) is 18.6. The number of nitrogens with one attached hydrogen (secondary N) is 1. The lowest BCUT2D eigenvalue weighted by Crippen LogP contribution is -2.56. The normalized spacial score (nSPS) is 50.8. The summed E-state index contributed by atoms with van der Waals surface area (Å²) in [6.45, 7) is 13.3. The average molecular weight is 431 g/mol. The van der Waals surface area contributed by atoms with Crippen molar-refractivity contribution in [2.24, 2.45) is 45.6 Å². The van der Waals surface area contributed by atoms with Gasteiger partial charge in [-0.3, -0.25) is 4.79 Å². The molecule has 0 aromatic carbocycles. The molecule has 4 nitrogen and oxygen atoms in total. The zero-order valence-electron chi connectivity index (χ0n) is 19.5. The first kappa shape index (κ1) is 21.6. The van der Waals surface area contributed by atoms with Crippen LogP contribution in [-0.4, -0.2) is 36.9 Å². The van der Waals surface area contributed by atoms with E-state index in [2.05, 4.69) is 25.7 Å². The minimum atomic E-state index is -1.26. The van der Waals surface area contributed by atoms with Crippen molar-refractivity contribution in [3.8, 4) is 0 Å². The van der Waals surface area contributed by atoms with Crippen molar-refractivity contribution >= 4 is 11.5 Å². The lowest BCUT2D eigenvalue weighted by Gasteiger charge is -2.61. The van der Waals surface area contributed by atoms with Gasteiger partial charge in [0.15, 0.2) is 12.0 Å². The predicted molar refractivity (Wildman–Crippen MR) is 120 cm³/mol. The second kappa shape index (κ2) is 7.67. The fraction of sp³-hybridized carbons (Fsp3) is 0.846. The van der Waals surface area contributed by atoms with Crippen LogP contribution in [0.1, 0.15) is 72.1 Å². The van der Waals surface area contributed by atoms with Crippen molar-refractivity contribution < 1.29 is 14.0 Å². The molecule has 6 unspecified atom stereocenters. The molecule has 1 saturated heterocycles. The largest absolute Gasteiger partial charge is 0.391 e. The Kier molecular flexibility index (Phi) is 5.35. The Morgan fingerprint density at radius 1 is 1.26 bits per heavy atom. The fourth-order valence-corrected chi connectivity index (χ4v) is 8.57. The molecule has 1 N–H and O–H groups in total. The van der Waals surface area contributed by atoms with Crippen molar-refractivity contribution in [1.82, 2.24) is 5.32 Å². The molecule has 31 heavy (non-hydrogen) atoms. The Morgan fingerprint density at radius 3 is 2.77 bits per heavy atom. The predicted octanol–water partition coefficient (Wildman–Crippen LogP) is 5.08. The molecular weight excluding hydrogens is 391 g/mol. The number of carbonyl (C=O) groups excluding carboxylic acids is 1. The lowest BCUT2D eigenvalue weighted by molar-refractivity contribution is -0.137. The van der Waals surface area contributed by atoms with Crippen LogP contribution in [0.5, 0.6) is 0 Å². The molecule has 9 atom stereocenters. The SMILES string of the molecule is C=C1CC2C(CC[C@]3(C)C(=O)C(F)CC23)[C@@]2(C)CC/C(=N\OC3CCNC3)[C@H](CC)C12. The van der Waals surface area contributed by atoms with Gasteiger partial charge in [0.2, 0.25) is 0 Å². The first-order chi connectivity index (χ1) is 14.8. The third-order valence-electron chi connectivity index (χ3n) is 10.2. The highest BCUT2D eigenvalue weighted by Gasteiger charge is 2.64. The summed E-state index contributed by atoms with van der Waals surface area (Å²) in [6.07, 6.45) is 6.36. The topological polar surface area (TPSA) is 50.7 Å². The molecule has 0 radical (unpaired) electrons. The van der Waals surface area contributed by atoms with Gasteiger partial charge in [-0.25, -0.2) is 4.39 Å². The molecule has 5 rings (SSSR count). The summed E-state index contributed by atoms with van der Waals surface area (Å²) in [5, 5.41) is 8.05. The number of ketones is 1. The third kappa shape index (κ3) is 3.16. The highest BCUT2D eigenvalue weighted by atomic mass is 19.1. The quantitative estimate of drug-likeness (QED) is 0.502. The van der Waals surface area contributed by atoms with Crippen molar-refractivity contribution in [3.63, 3.8) is 0 Å². The molecule has 0 aromatic heterocycles. The van der Waals surface area contributed by atoms with Gasteiger partial charge in [0, 0.05) is 24.3 Å². The first-order valence-electron chi connectivity index (χ1n) is 12.6. The van der Waals surface area contributed by atoms with Crippen molar-refractivity contribution in [3.05, 3.63) is 12.2 Å². The third-order valence-corrected chi connectivity index (χ3v) is 10.2. The van der Waals surface area contributed by atoms with Crippen LogP contribution in [0.15, 0.2) is 17.3 Å². The maximum Gasteiger partial charge on any atom is 0.173 e. The zero-order chi connectivity index (χ0) is 22.0. The Bertz CT molecular complexity index is 790. The van der Waals surface area contributed by atoms with Gasteiger partial charge in [-0.1, -0.05) is 38.1 Å². The lowest BCUT2D eigenvalue weighted by atomic mass is 9.42. The van der Waals surface area contributed by atoms with E-state index in [0.29, 0.717) is 30.1 Å². The van der Waals surface area contributed by atoms with E-state index in [0.717, 1.165) is 58.0 Å². The van der Waals surface area contributed by atoms with Crippen LogP contribution in [0, 0.1) is 40.4 Å². The first-order valence-corrected chi connectivity index (χ1v) is 12.6. The van der Waals surface area contributed by atoms with Gasteiger partial charge in [-0.2, -0.15) is 0 Å². The van der Waals surface area contributed by atoms with Crippen LogP contribution < -0.4 is 5.32 Å². The summed E-state index contributed by atoms with van der Waals surface area (Å²) < 4.78 is 14.5. The van der Waals surface area contributed by atoms with E-state index in [1.165, 1.54) is 11.3 Å². The molecule has 5 fully saturated rings. The van der Waals surface area contributed by atoms with Gasteiger partial charge in [0.25, 0.3) is 0 Å². The molecule has 5 aliphatic rings. The van der Waals surface area contributed by atoms with Gasteiger partial charge in [0.05, 0.1) is 5.71 Å². The minimum Gasteiger partial charge on any atom is -0.391 e. The number of rotatable bonds is 3. The van der Waals surface area contributed by atoms with E-state index in [4.69, 9.17) is 9.99 Å². The van der Waals surface area contributed by atoms with Gasteiger partial charge in [-0.15, -0.1) is 0 Å². The molecule has 1 aliphatic heterocycles. The van der Waals surface area contributed by atoms with Crippen LogP contribution in [0.3, 0.4) is 0 Å². The fourth-order valence-electron chi connectivity index (χ4n) is 8.57. The van der Waals surface area contributed by atoms with Gasteiger partial charge < -0.3 is 10.2 Å². The second-order valence-electron chi connectivity index (χ2n) is 11.6. The number of oxime groups is 1. The average Bonchev–Trinajstić information content (AvgIpc) is 3.34. The van der Waals surface area contributed by atoms with E-state index in [1.54, 1.807) is 0 Å². The van der Waals surface area contributed by atoms with Crippen LogP contribution in [-0.2, 0) is 9.63 Å². The molecule has 0 amide bonds. The summed E-state index contributed by atoms with van der Waals surface area (Å²) in [7, 11) is 0. The number of hydrogen-bond donors (Lipinski definition) is 1. The number of halogens is 1. The number of fused-ring (bicyclic) bond motifs is 5. The number of carbonyl (C=O) groups is 1. The molecule has 4 saturated carbocycles. The minimum absolute atomic E-state index is 0.128. The van der Waals surface area contributed by atoms with Crippen LogP contribution in [0.4, 0.5) is 4.39 Å². The van der Waals surface area contributed by atoms with Crippen molar-refractivity contribution in [1.29, 1.82) is 0 Å². The Labute approximate surface area is 186 Å². The maximum absolute atomic E-state index is 14.5. The summed E-state index contributed by atoms with van der Waals surface area (Å²) in [6, 6.07) is 0. The number of alkyl halides is 1. The second-order valence-corrected chi connectivity index (χ2v) is 11.6. The maximum atomic E-state index is 14.5. The number of allylic oxidation sites excluding steroid dienone is 1. The summed E-state index contributed by atoms with van der Waals surface area (Å²) in [5.41, 5.74) is 2.23. The molecule has 5 heteroatoms. The summed E-state index contributed by atoms with van der Waals surface area (Å²) >= 11 is 0. The number of hydrogen-bond acceptors (Lipinski definition) is 4. The van der Waals surface area contributed by atoms with Gasteiger partial charge in [0.1, 0.15) is 6.10 Å². The van der Waals surface area contributed by atoms with E-state index >= 15 is 0 Å². The Morgan fingerprint density at radius 2 is 2.06 bits per heavy atom. The molecule has 1 heterocycles. The smallest absolute Gasteiger partial charge is 0.173 e. The molecule has 4 aliphatic carbocycles. The molecule has 0 spiro atoms. The van der Waals surface area contributed by atoms with E-state index in [9.17, 15) is 9.18 Å². The number of nitrogens with zero attached hydrogens (tertiary/aromatic N) is 1. The van der Waals surface area contributed by atoms with Gasteiger partial charge >= 0.3 is 0 Å². The zero-order valence-corrected chi connectivity index (χ0v) is 19.5. The van der Waals surface area contributed by atoms with E-state index in [1.807, 2.05) is 6.92 Å². The Hall–Kier alpha value is -1.23. The van der Waals surface area contributed by atoms with Crippen molar-refractivity contribution in [2.75, 3.05) is 13.1 Å². The molecule has 172 valence electrons. The molecule has 0 aromatic rings. The number of Topliss-reactive ketones (excluding diaryl/α,β-unsaturated/α-hetero) is 1. The van der Waals surface area contributed by atoms with Gasteiger partial charge in [-0.05, 0) is 80.6 Å². The molecule has 0 bridgehead atoms. The monoisotopic (exact) mass is 430 g/mol. The summed E-state index contributed by atoms with van der Waals surface area (Å²) in [5.74, 6) is 1.80. The van der Waals surface area contributed by atoms with Crippen molar-refractivity contribution in [2.45, 2.75) is 84.4 Å². The van der Waals surface area contributed by atoms with Crippen LogP contribution in [0.2, 0.25) is 0 Å². The van der Waals surface area contributed by atoms with E-state index in [-0.39, 0.29) is 23.2 Å². The van der Waals surface area contributed by atoms with E-state index < -0.39 is 11.6 Å². The Balaban J connectivity index is 1.42. The highest BCUT2D eigenvalue weighted by molar-refractivity contribution is 5.91. The van der Waals surface area contributed by atoms with Crippen LogP contribution in [0.25, 0.3) is 0 Å². The highest BCUT2D eigenvalue weighted by Crippen LogP contribution is 2.67. The van der Waals surface area contributed by atoms with Crippen LogP contribution >= 0.6 is 0 Å².